The molecule has 0 radical (unpaired) electrons. The van der Waals surface area contributed by atoms with Gasteiger partial charge in [0.25, 0.3) is 0 Å². The first-order valence-corrected chi connectivity index (χ1v) is 7.57. The maximum Gasteiger partial charge on any atom is 0.162 e. The molecule has 2 fully saturated rings. The van der Waals surface area contributed by atoms with Gasteiger partial charge in [-0.2, -0.15) is 0 Å². The molecule has 0 amide bonds. The molecule has 108 valence electrons. The fourth-order valence-corrected chi connectivity index (χ4v) is 3.34. The van der Waals surface area contributed by atoms with Crippen molar-refractivity contribution in [1.29, 1.82) is 0 Å². The van der Waals surface area contributed by atoms with E-state index in [4.69, 9.17) is 9.47 Å². The first-order chi connectivity index (χ1) is 9.77. The van der Waals surface area contributed by atoms with Crippen LogP contribution in [-0.2, 0) is 9.47 Å². The van der Waals surface area contributed by atoms with Crippen molar-refractivity contribution in [2.45, 2.75) is 37.7 Å². The number of hydrogen-bond donors (Lipinski definition) is 0. The zero-order valence-corrected chi connectivity index (χ0v) is 11.8. The van der Waals surface area contributed by atoms with E-state index in [0.717, 1.165) is 51.1 Å². The Balaban J connectivity index is 1.52. The summed E-state index contributed by atoms with van der Waals surface area (Å²) >= 11 is 0. The van der Waals surface area contributed by atoms with E-state index in [1.165, 1.54) is 0 Å². The first-order valence-electron chi connectivity index (χ1n) is 7.57. The van der Waals surface area contributed by atoms with Crippen LogP contribution in [0.2, 0.25) is 0 Å². The Kier molecular flexibility index (Phi) is 4.18. The van der Waals surface area contributed by atoms with Gasteiger partial charge in [0, 0.05) is 31.6 Å². The van der Waals surface area contributed by atoms with E-state index in [0.29, 0.717) is 12.3 Å². The van der Waals surface area contributed by atoms with Crippen LogP contribution in [0.4, 0.5) is 0 Å². The lowest BCUT2D eigenvalue weighted by Crippen LogP contribution is -2.40. The van der Waals surface area contributed by atoms with Crippen molar-refractivity contribution < 1.29 is 14.3 Å². The highest BCUT2D eigenvalue weighted by Gasteiger charge is 2.40. The fourth-order valence-electron chi connectivity index (χ4n) is 3.34. The lowest BCUT2D eigenvalue weighted by molar-refractivity contribution is -0.0987. The topological polar surface area (TPSA) is 35.5 Å². The lowest BCUT2D eigenvalue weighted by atomic mass is 9.82. The summed E-state index contributed by atoms with van der Waals surface area (Å²) in [5.41, 5.74) is 0.789. The van der Waals surface area contributed by atoms with Gasteiger partial charge in [-0.25, -0.2) is 0 Å². The normalized spacial score (nSPS) is 29.7. The molecule has 3 nitrogen and oxygen atoms in total. The van der Waals surface area contributed by atoms with Crippen molar-refractivity contribution in [3.8, 4) is 0 Å². The van der Waals surface area contributed by atoms with Crippen molar-refractivity contribution in [3.05, 3.63) is 35.9 Å². The molecular weight excluding hydrogens is 252 g/mol. The second-order valence-electron chi connectivity index (χ2n) is 6.02. The summed E-state index contributed by atoms with van der Waals surface area (Å²) in [5, 5.41) is 0. The number of carbonyl (C=O) groups excluding carboxylic acids is 1. The number of ether oxygens (including phenoxy) is 2. The van der Waals surface area contributed by atoms with Gasteiger partial charge in [-0.1, -0.05) is 30.3 Å². The second-order valence-corrected chi connectivity index (χ2v) is 6.02. The summed E-state index contributed by atoms with van der Waals surface area (Å²) in [5.74, 6) is 0.854. The molecule has 2 atom stereocenters. The number of Topliss-reactive ketones (excluding diaryl/α,β-unsaturated/α-hetero) is 1. The van der Waals surface area contributed by atoms with E-state index >= 15 is 0 Å². The van der Waals surface area contributed by atoms with E-state index in [9.17, 15) is 4.79 Å². The summed E-state index contributed by atoms with van der Waals surface area (Å²) in [6, 6.07) is 9.59. The van der Waals surface area contributed by atoms with E-state index in [1.807, 2.05) is 30.3 Å². The van der Waals surface area contributed by atoms with Crippen molar-refractivity contribution in [2.75, 3.05) is 19.8 Å². The van der Waals surface area contributed by atoms with Crippen LogP contribution in [0.1, 0.15) is 42.5 Å². The maximum atomic E-state index is 12.1. The number of ketones is 1. The summed E-state index contributed by atoms with van der Waals surface area (Å²) in [6.45, 7) is 2.36. The van der Waals surface area contributed by atoms with E-state index in [1.54, 1.807) is 0 Å². The standard InChI is InChI=1S/C17H22O3/c18-16(15-4-2-1-3-5-15)7-6-14-8-10-20-17(12-14)9-11-19-13-17/h1-5,14H,6-13H2. The van der Waals surface area contributed by atoms with Gasteiger partial charge in [-0.05, 0) is 25.2 Å². The van der Waals surface area contributed by atoms with Gasteiger partial charge in [0.15, 0.2) is 5.78 Å². The molecule has 3 heteroatoms. The maximum absolute atomic E-state index is 12.1. The molecule has 1 aromatic carbocycles. The monoisotopic (exact) mass is 274 g/mol. The highest BCUT2D eigenvalue weighted by Crippen LogP contribution is 2.37. The number of rotatable bonds is 4. The fraction of sp³-hybridized carbons (Fsp3) is 0.588. The third kappa shape index (κ3) is 3.10. The van der Waals surface area contributed by atoms with Crippen molar-refractivity contribution in [2.24, 2.45) is 5.92 Å². The van der Waals surface area contributed by atoms with Crippen LogP contribution >= 0.6 is 0 Å². The predicted molar refractivity (Wildman–Crippen MR) is 76.8 cm³/mol. The van der Waals surface area contributed by atoms with Crippen LogP contribution in [0, 0.1) is 5.92 Å². The molecule has 2 saturated heterocycles. The minimum Gasteiger partial charge on any atom is -0.378 e. The average Bonchev–Trinajstić information content (AvgIpc) is 2.93. The van der Waals surface area contributed by atoms with Crippen LogP contribution in [0.3, 0.4) is 0 Å². The predicted octanol–water partition coefficient (Wildman–Crippen LogP) is 3.24. The Bertz CT molecular complexity index is 449. The van der Waals surface area contributed by atoms with Crippen molar-refractivity contribution >= 4 is 5.78 Å². The number of hydrogen-bond acceptors (Lipinski definition) is 3. The molecule has 1 aromatic rings. The molecule has 0 aromatic heterocycles. The van der Waals surface area contributed by atoms with Crippen LogP contribution < -0.4 is 0 Å². The Morgan fingerprint density at radius 2 is 2.10 bits per heavy atom. The van der Waals surface area contributed by atoms with Crippen LogP contribution in [0.25, 0.3) is 0 Å². The van der Waals surface area contributed by atoms with Gasteiger partial charge >= 0.3 is 0 Å². The lowest BCUT2D eigenvalue weighted by Gasteiger charge is -2.37. The third-order valence-corrected chi connectivity index (χ3v) is 4.54. The molecule has 2 heterocycles. The molecular formula is C17H22O3. The van der Waals surface area contributed by atoms with Crippen LogP contribution in [-0.4, -0.2) is 31.2 Å². The molecule has 0 saturated carbocycles. The molecule has 2 aliphatic heterocycles. The third-order valence-electron chi connectivity index (χ3n) is 4.54. The van der Waals surface area contributed by atoms with Gasteiger partial charge in [-0.3, -0.25) is 4.79 Å². The minimum atomic E-state index is -0.0429. The van der Waals surface area contributed by atoms with E-state index in [2.05, 4.69) is 0 Å². The summed E-state index contributed by atoms with van der Waals surface area (Å²) in [6.07, 6.45) is 4.75. The molecule has 1 spiro atoms. The Morgan fingerprint density at radius 1 is 1.25 bits per heavy atom. The smallest absolute Gasteiger partial charge is 0.162 e. The molecule has 0 bridgehead atoms. The van der Waals surface area contributed by atoms with E-state index < -0.39 is 0 Å². The highest BCUT2D eigenvalue weighted by atomic mass is 16.6. The van der Waals surface area contributed by atoms with Crippen LogP contribution in [0.15, 0.2) is 30.3 Å². The van der Waals surface area contributed by atoms with Gasteiger partial charge in [-0.15, -0.1) is 0 Å². The second kappa shape index (κ2) is 6.06. The van der Waals surface area contributed by atoms with E-state index in [-0.39, 0.29) is 11.4 Å². The van der Waals surface area contributed by atoms with Gasteiger partial charge in [0.05, 0.1) is 12.2 Å². The largest absolute Gasteiger partial charge is 0.378 e. The summed E-state index contributed by atoms with van der Waals surface area (Å²) in [7, 11) is 0. The molecule has 0 N–H and O–H groups in total. The zero-order valence-electron chi connectivity index (χ0n) is 11.8. The molecule has 3 rings (SSSR count). The average molecular weight is 274 g/mol. The molecule has 2 unspecified atom stereocenters. The Labute approximate surface area is 120 Å². The molecule has 2 aliphatic rings. The Morgan fingerprint density at radius 3 is 2.85 bits per heavy atom. The van der Waals surface area contributed by atoms with Crippen LogP contribution in [0.5, 0.6) is 0 Å². The number of benzene rings is 1. The first kappa shape index (κ1) is 13.8. The van der Waals surface area contributed by atoms with Gasteiger partial charge < -0.3 is 9.47 Å². The summed E-state index contributed by atoms with van der Waals surface area (Å²) in [4.78, 5) is 12.1. The molecule has 20 heavy (non-hydrogen) atoms. The van der Waals surface area contributed by atoms with Crippen molar-refractivity contribution in [1.82, 2.24) is 0 Å². The van der Waals surface area contributed by atoms with Gasteiger partial charge in [0.1, 0.15) is 0 Å². The van der Waals surface area contributed by atoms with Gasteiger partial charge in [0.2, 0.25) is 0 Å². The summed E-state index contributed by atoms with van der Waals surface area (Å²) < 4.78 is 11.4. The minimum absolute atomic E-state index is 0.0429. The zero-order chi connectivity index (χ0) is 13.8. The van der Waals surface area contributed by atoms with Crippen molar-refractivity contribution in [3.63, 3.8) is 0 Å². The number of carbonyl (C=O) groups is 1. The quantitative estimate of drug-likeness (QED) is 0.791. The Hall–Kier alpha value is -1.19. The highest BCUT2D eigenvalue weighted by molar-refractivity contribution is 5.95. The molecule has 0 aliphatic carbocycles. The SMILES string of the molecule is O=C(CCC1CCOC2(CCOC2)C1)c1ccccc1.